The number of piperidine rings is 1. The quantitative estimate of drug-likeness (QED) is 0.811. The lowest BCUT2D eigenvalue weighted by Crippen LogP contribution is -3.14. The highest BCUT2D eigenvalue weighted by Crippen LogP contribution is 2.36. The van der Waals surface area contributed by atoms with E-state index in [9.17, 15) is 22.8 Å². The van der Waals surface area contributed by atoms with Crippen LogP contribution in [0.3, 0.4) is 0 Å². The van der Waals surface area contributed by atoms with Crippen LogP contribution in [0.4, 0.5) is 18.9 Å². The molecule has 0 aromatic heterocycles. The number of anilines is 1. The number of halogens is 4. The second kappa shape index (κ2) is 8.32. The van der Waals surface area contributed by atoms with Gasteiger partial charge in [0, 0.05) is 11.3 Å². The summed E-state index contributed by atoms with van der Waals surface area (Å²) in [6, 6.07) is 11.7. The molecule has 2 aromatic rings. The zero-order chi connectivity index (χ0) is 20.3. The van der Waals surface area contributed by atoms with Crippen molar-refractivity contribution >= 4 is 29.0 Å². The lowest BCUT2D eigenvalue weighted by atomic mass is 10.0. The summed E-state index contributed by atoms with van der Waals surface area (Å²) < 4.78 is 39.3. The van der Waals surface area contributed by atoms with Gasteiger partial charge >= 0.3 is 6.18 Å². The van der Waals surface area contributed by atoms with Gasteiger partial charge in [-0.05, 0) is 18.2 Å². The van der Waals surface area contributed by atoms with Gasteiger partial charge in [-0.25, -0.2) is 0 Å². The van der Waals surface area contributed by atoms with Crippen LogP contribution < -0.4 is 10.2 Å². The van der Waals surface area contributed by atoms with Gasteiger partial charge in [0.1, 0.15) is 5.78 Å². The maximum atomic E-state index is 13.1. The number of rotatable bonds is 4. The van der Waals surface area contributed by atoms with Crippen LogP contribution >= 0.6 is 11.6 Å². The van der Waals surface area contributed by atoms with Gasteiger partial charge in [-0.1, -0.05) is 41.9 Å². The molecule has 1 heterocycles. The molecule has 0 radical (unpaired) electrons. The number of alkyl halides is 3. The second-order valence-electron chi connectivity index (χ2n) is 6.72. The molecule has 8 heteroatoms. The first-order valence-corrected chi connectivity index (χ1v) is 9.22. The Kier molecular flexibility index (Phi) is 6.05. The highest BCUT2D eigenvalue weighted by Gasteiger charge is 2.36. The Morgan fingerprint density at radius 2 is 1.71 bits per heavy atom. The number of hydrogen-bond acceptors (Lipinski definition) is 2. The monoisotopic (exact) mass is 411 g/mol. The van der Waals surface area contributed by atoms with Gasteiger partial charge in [-0.2, -0.15) is 13.2 Å². The third-order valence-corrected chi connectivity index (χ3v) is 5.12. The molecule has 1 saturated heterocycles. The number of benzene rings is 2. The molecule has 0 bridgehead atoms. The third-order valence-electron chi connectivity index (χ3n) is 4.79. The van der Waals surface area contributed by atoms with E-state index >= 15 is 0 Å². The lowest BCUT2D eigenvalue weighted by Gasteiger charge is -2.30. The molecule has 1 atom stereocenters. The molecule has 1 amide bonds. The van der Waals surface area contributed by atoms with E-state index in [2.05, 4.69) is 5.32 Å². The minimum atomic E-state index is -4.62. The Balaban J connectivity index is 1.87. The molecule has 2 aromatic carbocycles. The zero-order valence-electron chi connectivity index (χ0n) is 14.9. The molecular weight excluding hydrogens is 393 g/mol. The van der Waals surface area contributed by atoms with Gasteiger partial charge in [0.05, 0.1) is 36.5 Å². The molecule has 1 aliphatic rings. The molecule has 1 fully saturated rings. The Labute approximate surface area is 165 Å². The summed E-state index contributed by atoms with van der Waals surface area (Å²) in [6.07, 6.45) is -3.86. The normalized spacial score (nSPS) is 16.6. The van der Waals surface area contributed by atoms with E-state index in [1.54, 1.807) is 24.3 Å². The first kappa shape index (κ1) is 20.4. The van der Waals surface area contributed by atoms with Gasteiger partial charge in [-0.3, -0.25) is 9.59 Å². The van der Waals surface area contributed by atoms with E-state index in [1.807, 2.05) is 6.07 Å². The Morgan fingerprint density at radius 3 is 2.32 bits per heavy atom. The fourth-order valence-electron chi connectivity index (χ4n) is 3.39. The first-order valence-electron chi connectivity index (χ1n) is 8.84. The van der Waals surface area contributed by atoms with E-state index in [0.29, 0.717) is 25.9 Å². The van der Waals surface area contributed by atoms with Crippen LogP contribution in [-0.4, -0.2) is 24.8 Å². The van der Waals surface area contributed by atoms with Crippen LogP contribution in [0.25, 0.3) is 0 Å². The zero-order valence-corrected chi connectivity index (χ0v) is 15.6. The molecule has 148 valence electrons. The number of likely N-dealkylation sites (tertiary alicyclic amines) is 1. The van der Waals surface area contributed by atoms with Crippen LogP contribution in [0.15, 0.2) is 48.5 Å². The summed E-state index contributed by atoms with van der Waals surface area (Å²) in [5.74, 6) is -0.269. The third kappa shape index (κ3) is 4.72. The molecule has 0 aliphatic carbocycles. The predicted molar refractivity (Wildman–Crippen MR) is 99.2 cm³/mol. The Hall–Kier alpha value is -2.38. The van der Waals surface area contributed by atoms with Crippen LogP contribution in [0, 0.1) is 0 Å². The number of quaternary nitrogens is 1. The van der Waals surface area contributed by atoms with Crippen molar-refractivity contribution in [2.75, 3.05) is 18.4 Å². The number of Topliss-reactive ketones (excluding diaryl/α,β-unsaturated/α-hetero) is 1. The minimum absolute atomic E-state index is 0.0233. The number of carbonyl (C=O) groups excluding carboxylic acids is 2. The lowest BCUT2D eigenvalue weighted by molar-refractivity contribution is -0.923. The van der Waals surface area contributed by atoms with Crippen LogP contribution in [0.5, 0.6) is 0 Å². The predicted octanol–water partition coefficient (Wildman–Crippen LogP) is 3.29. The van der Waals surface area contributed by atoms with Gasteiger partial charge in [-0.15, -0.1) is 0 Å². The van der Waals surface area contributed by atoms with E-state index < -0.39 is 28.7 Å². The van der Waals surface area contributed by atoms with Crippen molar-refractivity contribution in [2.24, 2.45) is 0 Å². The van der Waals surface area contributed by atoms with Crippen molar-refractivity contribution in [3.63, 3.8) is 0 Å². The highest BCUT2D eigenvalue weighted by atomic mass is 35.5. The molecule has 0 spiro atoms. The number of carbonyl (C=O) groups is 2. The largest absolute Gasteiger partial charge is 0.417 e. The Bertz CT molecular complexity index is 861. The molecule has 28 heavy (non-hydrogen) atoms. The van der Waals surface area contributed by atoms with Crippen molar-refractivity contribution in [1.29, 1.82) is 0 Å². The average Bonchev–Trinajstić information content (AvgIpc) is 2.65. The molecule has 2 N–H and O–H groups in total. The van der Waals surface area contributed by atoms with E-state index in [4.69, 9.17) is 11.6 Å². The van der Waals surface area contributed by atoms with Crippen molar-refractivity contribution in [2.45, 2.75) is 25.1 Å². The molecular formula is C20H19ClF3N2O2+. The number of amides is 1. The fraction of sp³-hybridized carbons (Fsp3) is 0.300. The van der Waals surface area contributed by atoms with Gasteiger partial charge in [0.2, 0.25) is 0 Å². The first-order chi connectivity index (χ1) is 13.3. The highest BCUT2D eigenvalue weighted by molar-refractivity contribution is 6.31. The maximum Gasteiger partial charge on any atom is 0.417 e. The second-order valence-corrected chi connectivity index (χ2v) is 7.13. The van der Waals surface area contributed by atoms with E-state index in [0.717, 1.165) is 22.6 Å². The van der Waals surface area contributed by atoms with Gasteiger partial charge < -0.3 is 10.2 Å². The Morgan fingerprint density at radius 1 is 1.07 bits per heavy atom. The maximum absolute atomic E-state index is 13.1. The summed E-state index contributed by atoms with van der Waals surface area (Å²) in [7, 11) is 0. The summed E-state index contributed by atoms with van der Waals surface area (Å²) >= 11 is 5.64. The molecule has 0 saturated carbocycles. The SMILES string of the molecule is O=C1CC[NH+]([C@H](C(=O)Nc2ccc(Cl)c(C(F)(F)F)c2)c2ccccc2)CC1. The average molecular weight is 412 g/mol. The van der Waals surface area contributed by atoms with E-state index in [1.165, 1.54) is 6.07 Å². The summed E-state index contributed by atoms with van der Waals surface area (Å²) in [4.78, 5) is 25.5. The minimum Gasteiger partial charge on any atom is -0.321 e. The molecule has 1 aliphatic heterocycles. The van der Waals surface area contributed by atoms with Crippen LogP contribution in [0.1, 0.15) is 30.0 Å². The smallest absolute Gasteiger partial charge is 0.321 e. The topological polar surface area (TPSA) is 50.6 Å². The molecule has 3 rings (SSSR count). The van der Waals surface area contributed by atoms with Crippen molar-refractivity contribution in [3.05, 3.63) is 64.7 Å². The van der Waals surface area contributed by atoms with Crippen molar-refractivity contribution in [1.82, 2.24) is 0 Å². The summed E-state index contributed by atoms with van der Waals surface area (Å²) in [5.41, 5.74) is -0.233. The van der Waals surface area contributed by atoms with Gasteiger partial charge in [0.15, 0.2) is 6.04 Å². The number of hydrogen-bond donors (Lipinski definition) is 2. The van der Waals surface area contributed by atoms with Crippen LogP contribution in [0.2, 0.25) is 5.02 Å². The summed E-state index contributed by atoms with van der Waals surface area (Å²) in [5, 5.41) is 2.16. The van der Waals surface area contributed by atoms with Crippen molar-refractivity contribution in [3.8, 4) is 0 Å². The van der Waals surface area contributed by atoms with E-state index in [-0.39, 0.29) is 11.5 Å². The number of nitrogens with one attached hydrogen (secondary N) is 2. The van der Waals surface area contributed by atoms with Gasteiger partial charge in [0.25, 0.3) is 5.91 Å². The van der Waals surface area contributed by atoms with Crippen LogP contribution in [-0.2, 0) is 15.8 Å². The molecule has 4 nitrogen and oxygen atoms in total. The number of ketones is 1. The van der Waals surface area contributed by atoms with Crippen molar-refractivity contribution < 1.29 is 27.7 Å². The fourth-order valence-corrected chi connectivity index (χ4v) is 3.62. The summed E-state index contributed by atoms with van der Waals surface area (Å²) in [6.45, 7) is 1.00. The standard InChI is InChI=1S/C20H18ClF3N2O2/c21-17-7-6-14(12-16(17)20(22,23)24)25-19(28)18(13-4-2-1-3-5-13)26-10-8-15(27)9-11-26/h1-7,12,18H,8-11H2,(H,25,28)/p+1/t18-/m0/s1. The molecule has 0 unspecified atom stereocenters.